The van der Waals surface area contributed by atoms with Crippen LogP contribution in [0.5, 0.6) is 0 Å². The van der Waals surface area contributed by atoms with Crippen LogP contribution in [0.4, 0.5) is 4.39 Å². The summed E-state index contributed by atoms with van der Waals surface area (Å²) in [5.74, 6) is -1.08. The van der Waals surface area contributed by atoms with Crippen molar-refractivity contribution in [3.63, 3.8) is 0 Å². The number of aryl methyl sites for hydroxylation is 1. The van der Waals surface area contributed by atoms with Crippen LogP contribution >= 0.6 is 11.6 Å². The fourth-order valence-electron chi connectivity index (χ4n) is 4.71. The van der Waals surface area contributed by atoms with E-state index in [4.69, 9.17) is 21.9 Å². The molecule has 1 unspecified atom stereocenters. The molecule has 176 valence electrons. The molecule has 1 amide bonds. The highest BCUT2D eigenvalue weighted by molar-refractivity contribution is 6.33. The number of carbonyl (C=O) groups excluding carboxylic acids is 1. The molecule has 0 saturated heterocycles. The number of aromatic nitrogens is 4. The smallest absolute Gasteiger partial charge is 0.255 e. The summed E-state index contributed by atoms with van der Waals surface area (Å²) in [5, 5.41) is 13.2. The number of rotatable bonds is 4. The Morgan fingerprint density at radius 2 is 2.06 bits per heavy atom. The summed E-state index contributed by atoms with van der Waals surface area (Å²) < 4.78 is 20.2. The summed E-state index contributed by atoms with van der Waals surface area (Å²) in [4.78, 5) is 26.0. The quantitative estimate of drug-likeness (QED) is 0.463. The van der Waals surface area contributed by atoms with Crippen molar-refractivity contribution in [2.75, 3.05) is 0 Å². The van der Waals surface area contributed by atoms with Gasteiger partial charge < -0.3 is 14.8 Å². The minimum atomic E-state index is -1.09. The molecule has 4 aromatic rings. The molecule has 3 heterocycles. The van der Waals surface area contributed by atoms with Crippen molar-refractivity contribution < 1.29 is 13.7 Å². The first-order chi connectivity index (χ1) is 16.7. The zero-order valence-electron chi connectivity index (χ0n) is 18.8. The Balaban J connectivity index is 1.83. The van der Waals surface area contributed by atoms with Gasteiger partial charge in [-0.15, -0.1) is 5.10 Å². The predicted octanol–water partition coefficient (Wildman–Crippen LogP) is 3.82. The number of nitrogens with zero attached hydrogens (tertiary/aromatic N) is 4. The molecule has 5 rings (SSSR count). The third-order valence-corrected chi connectivity index (χ3v) is 6.84. The van der Waals surface area contributed by atoms with E-state index in [2.05, 4.69) is 15.4 Å². The lowest BCUT2D eigenvalue weighted by atomic mass is 9.66. The van der Waals surface area contributed by atoms with Crippen LogP contribution in [0.15, 0.2) is 75.4 Å². The minimum absolute atomic E-state index is 0.132. The van der Waals surface area contributed by atoms with Gasteiger partial charge in [0.1, 0.15) is 17.8 Å². The van der Waals surface area contributed by atoms with Gasteiger partial charge in [0, 0.05) is 35.2 Å². The molecule has 0 radical (unpaired) electrons. The van der Waals surface area contributed by atoms with Gasteiger partial charge in [0.2, 0.25) is 5.91 Å². The number of benzene rings is 1. The molecule has 35 heavy (non-hydrogen) atoms. The SMILES string of the molecule is CC1=CC=C(C(N)=O)CC1(c1ccon1)c1cc2cnnc(-c3ccc(F)cc3Cl)c2n(C)c1=O. The average Bonchev–Trinajstić information content (AvgIpc) is 3.37. The van der Waals surface area contributed by atoms with Crippen LogP contribution in [0.1, 0.15) is 24.6 Å². The largest absolute Gasteiger partial charge is 0.366 e. The number of primary amides is 1. The molecule has 2 N–H and O–H groups in total. The Morgan fingerprint density at radius 1 is 1.26 bits per heavy atom. The van der Waals surface area contributed by atoms with Crippen molar-refractivity contribution in [3.8, 4) is 11.3 Å². The van der Waals surface area contributed by atoms with E-state index in [-0.39, 0.29) is 17.0 Å². The fourth-order valence-corrected chi connectivity index (χ4v) is 4.97. The Morgan fingerprint density at radius 3 is 2.74 bits per heavy atom. The maximum Gasteiger partial charge on any atom is 0.255 e. The third-order valence-electron chi connectivity index (χ3n) is 6.52. The van der Waals surface area contributed by atoms with Crippen LogP contribution in [0.25, 0.3) is 22.2 Å². The summed E-state index contributed by atoms with van der Waals surface area (Å²) >= 11 is 6.29. The first kappa shape index (κ1) is 22.7. The molecule has 1 aliphatic rings. The van der Waals surface area contributed by atoms with Gasteiger partial charge >= 0.3 is 0 Å². The number of fused-ring (bicyclic) bond motifs is 1. The number of allylic oxidation sites excluding steroid dienone is 3. The molecule has 0 aliphatic heterocycles. The van der Waals surface area contributed by atoms with Crippen LogP contribution in [-0.2, 0) is 17.3 Å². The van der Waals surface area contributed by atoms with Gasteiger partial charge in [-0.3, -0.25) is 9.59 Å². The van der Waals surface area contributed by atoms with Gasteiger partial charge in [0.25, 0.3) is 5.56 Å². The van der Waals surface area contributed by atoms with E-state index in [1.807, 2.05) is 6.92 Å². The highest BCUT2D eigenvalue weighted by Gasteiger charge is 2.44. The van der Waals surface area contributed by atoms with Gasteiger partial charge in [-0.05, 0) is 37.6 Å². The highest BCUT2D eigenvalue weighted by atomic mass is 35.5. The number of halogens is 2. The Labute approximate surface area is 203 Å². The number of hydrogen-bond donors (Lipinski definition) is 1. The van der Waals surface area contributed by atoms with Gasteiger partial charge in [0.15, 0.2) is 0 Å². The lowest BCUT2D eigenvalue weighted by Crippen LogP contribution is -2.40. The number of amides is 1. The zero-order valence-corrected chi connectivity index (χ0v) is 19.5. The number of nitrogens with two attached hydrogens (primary N) is 1. The standard InChI is InChI=1S/C25H19ClFN5O3/c1-13-3-4-14(23(28)33)11-25(13,20-7-8-35-31-20)18-9-15-12-29-30-21(22(15)32(2)24(18)34)17-6-5-16(27)10-19(17)26/h3-10,12H,11H2,1-2H3,(H2,28,33). The van der Waals surface area contributed by atoms with Gasteiger partial charge in [-0.25, -0.2) is 4.39 Å². The molecule has 1 aromatic carbocycles. The molecule has 1 aliphatic carbocycles. The topological polar surface area (TPSA) is 117 Å². The Bertz CT molecular complexity index is 1620. The van der Waals surface area contributed by atoms with E-state index in [1.165, 1.54) is 35.2 Å². The van der Waals surface area contributed by atoms with Gasteiger partial charge in [-0.1, -0.05) is 34.5 Å². The van der Waals surface area contributed by atoms with Crippen LogP contribution in [0.2, 0.25) is 5.02 Å². The number of hydrogen-bond acceptors (Lipinski definition) is 6. The molecular formula is C25H19ClFN5O3. The van der Waals surface area contributed by atoms with E-state index in [1.54, 1.807) is 31.3 Å². The highest BCUT2D eigenvalue weighted by Crippen LogP contribution is 2.45. The monoisotopic (exact) mass is 491 g/mol. The number of pyridine rings is 1. The van der Waals surface area contributed by atoms with Crippen molar-refractivity contribution in [2.24, 2.45) is 12.8 Å². The summed E-state index contributed by atoms with van der Waals surface area (Å²) in [6.45, 7) is 1.86. The molecule has 0 saturated carbocycles. The number of carbonyl (C=O) groups is 1. The van der Waals surface area contributed by atoms with Crippen LogP contribution in [-0.4, -0.2) is 25.8 Å². The van der Waals surface area contributed by atoms with E-state index in [9.17, 15) is 14.0 Å². The van der Waals surface area contributed by atoms with Crippen LogP contribution < -0.4 is 11.3 Å². The maximum atomic E-state index is 13.9. The summed E-state index contributed by atoms with van der Waals surface area (Å²) in [6.07, 6.45) is 6.49. The van der Waals surface area contributed by atoms with Crippen molar-refractivity contribution in [2.45, 2.75) is 18.8 Å². The summed E-state index contributed by atoms with van der Waals surface area (Å²) in [7, 11) is 1.61. The summed E-state index contributed by atoms with van der Waals surface area (Å²) in [6, 6.07) is 7.32. The molecule has 0 bridgehead atoms. The third kappa shape index (κ3) is 3.47. The minimum Gasteiger partial charge on any atom is -0.366 e. The second-order valence-electron chi connectivity index (χ2n) is 8.42. The van der Waals surface area contributed by atoms with Crippen LogP contribution in [0, 0.1) is 5.82 Å². The van der Waals surface area contributed by atoms with Gasteiger partial charge in [-0.2, -0.15) is 5.10 Å². The molecule has 10 heteroatoms. The Kier molecular flexibility index (Phi) is 5.36. The lowest BCUT2D eigenvalue weighted by molar-refractivity contribution is -0.114. The second kappa shape index (κ2) is 8.28. The predicted molar refractivity (Wildman–Crippen MR) is 128 cm³/mol. The lowest BCUT2D eigenvalue weighted by Gasteiger charge is -2.36. The average molecular weight is 492 g/mol. The summed E-state index contributed by atoms with van der Waals surface area (Å²) in [5.41, 5.74) is 7.41. The first-order valence-electron chi connectivity index (χ1n) is 10.6. The van der Waals surface area contributed by atoms with Crippen molar-refractivity contribution in [1.82, 2.24) is 19.9 Å². The maximum absolute atomic E-state index is 13.9. The second-order valence-corrected chi connectivity index (χ2v) is 8.82. The van der Waals surface area contributed by atoms with Crippen molar-refractivity contribution in [1.29, 1.82) is 0 Å². The zero-order chi connectivity index (χ0) is 24.9. The van der Waals surface area contributed by atoms with Gasteiger partial charge in [0.05, 0.1) is 27.8 Å². The van der Waals surface area contributed by atoms with Crippen molar-refractivity contribution >= 4 is 28.4 Å². The van der Waals surface area contributed by atoms with Crippen LogP contribution in [0.3, 0.4) is 0 Å². The van der Waals surface area contributed by atoms with E-state index >= 15 is 0 Å². The molecule has 1 atom stereocenters. The first-order valence-corrected chi connectivity index (χ1v) is 11.0. The molecular weight excluding hydrogens is 473 g/mol. The van der Waals surface area contributed by atoms with E-state index in [0.29, 0.717) is 39.0 Å². The molecule has 0 fully saturated rings. The molecule has 8 nitrogen and oxygen atoms in total. The fraction of sp³-hybridized carbons (Fsp3) is 0.160. The van der Waals surface area contributed by atoms with E-state index < -0.39 is 17.1 Å². The molecule has 0 spiro atoms. The molecule has 3 aromatic heterocycles. The normalized spacial score (nSPS) is 17.8. The Hall–Kier alpha value is -4.11. The van der Waals surface area contributed by atoms with E-state index in [0.717, 1.165) is 5.57 Å². The van der Waals surface area contributed by atoms with Crippen molar-refractivity contribution in [3.05, 3.63) is 98.5 Å².